The normalized spacial score (nSPS) is 50.7. The molecule has 1 heterocycles. The second kappa shape index (κ2) is 7.60. The van der Waals surface area contributed by atoms with Crippen LogP contribution in [0.2, 0.25) is 0 Å². The molecule has 0 spiro atoms. The Morgan fingerprint density at radius 1 is 0.818 bits per heavy atom. The van der Waals surface area contributed by atoms with Gasteiger partial charge in [0.1, 0.15) is 12.3 Å². The van der Waals surface area contributed by atoms with Gasteiger partial charge in [0.2, 0.25) is 0 Å². The highest BCUT2D eigenvalue weighted by molar-refractivity contribution is 14.1. The highest BCUT2D eigenvalue weighted by Gasteiger charge is 2.41. The van der Waals surface area contributed by atoms with E-state index in [4.69, 9.17) is 9.47 Å². The second-order valence-corrected chi connectivity index (χ2v) is 8.96. The quantitative estimate of drug-likeness (QED) is 0.469. The van der Waals surface area contributed by atoms with Crippen molar-refractivity contribution in [2.24, 2.45) is 23.7 Å². The minimum atomic E-state index is -0.974. The minimum absolute atomic E-state index is 0.0509. The molecular weight excluding hydrogens is 401 g/mol. The molecule has 0 N–H and O–H groups in total. The molecule has 2 unspecified atom stereocenters. The standard InChI is InChI=1S/C17H27F2IO2/c1-10-8-21-17(22-9-10)12-4-2-11(3-5-12)13-6-14(18)16(20)15(19)7-13/h10-17H,2-9H2,1H3. The lowest BCUT2D eigenvalue weighted by molar-refractivity contribution is -0.227. The molecule has 1 aliphatic heterocycles. The Morgan fingerprint density at radius 2 is 1.32 bits per heavy atom. The number of alkyl halides is 3. The van der Waals surface area contributed by atoms with E-state index in [0.717, 1.165) is 38.9 Å². The first-order valence-corrected chi connectivity index (χ1v) is 9.94. The SMILES string of the molecule is CC1COC(C2CCC(C3CC(F)C(I)C(F)C3)CC2)OC1. The number of rotatable bonds is 2. The molecule has 3 aliphatic rings. The van der Waals surface area contributed by atoms with Gasteiger partial charge < -0.3 is 9.47 Å². The third-order valence-corrected chi connectivity index (χ3v) is 7.27. The zero-order chi connectivity index (χ0) is 15.7. The Morgan fingerprint density at radius 3 is 1.86 bits per heavy atom. The van der Waals surface area contributed by atoms with E-state index in [1.165, 1.54) is 0 Å². The predicted molar refractivity (Wildman–Crippen MR) is 90.6 cm³/mol. The fourth-order valence-corrected chi connectivity index (χ4v) is 4.91. The zero-order valence-corrected chi connectivity index (χ0v) is 15.4. The maximum atomic E-state index is 13.9. The van der Waals surface area contributed by atoms with Gasteiger partial charge in [-0.05, 0) is 50.4 Å². The van der Waals surface area contributed by atoms with E-state index in [1.807, 2.05) is 22.6 Å². The molecule has 0 amide bonds. The maximum Gasteiger partial charge on any atom is 0.160 e. The first-order valence-electron chi connectivity index (χ1n) is 8.70. The van der Waals surface area contributed by atoms with E-state index in [1.54, 1.807) is 0 Å². The van der Waals surface area contributed by atoms with Crippen LogP contribution in [0.4, 0.5) is 8.78 Å². The fraction of sp³-hybridized carbons (Fsp3) is 1.00. The van der Waals surface area contributed by atoms with Crippen molar-refractivity contribution in [1.82, 2.24) is 0 Å². The summed E-state index contributed by atoms with van der Waals surface area (Å²) in [5, 5.41) is 0. The van der Waals surface area contributed by atoms with Crippen molar-refractivity contribution in [1.29, 1.82) is 0 Å². The van der Waals surface area contributed by atoms with Gasteiger partial charge in [-0.25, -0.2) is 8.78 Å². The van der Waals surface area contributed by atoms with E-state index in [-0.39, 0.29) is 12.2 Å². The van der Waals surface area contributed by atoms with Crippen LogP contribution >= 0.6 is 22.6 Å². The summed E-state index contributed by atoms with van der Waals surface area (Å²) in [4.78, 5) is 0. The van der Waals surface area contributed by atoms with Gasteiger partial charge in [-0.15, -0.1) is 0 Å². The number of hydrogen-bond donors (Lipinski definition) is 0. The van der Waals surface area contributed by atoms with Crippen LogP contribution in [0, 0.1) is 23.7 Å². The van der Waals surface area contributed by atoms with Gasteiger partial charge in [0.05, 0.1) is 17.1 Å². The number of hydrogen-bond acceptors (Lipinski definition) is 2. The minimum Gasteiger partial charge on any atom is -0.352 e. The maximum absolute atomic E-state index is 13.9. The van der Waals surface area contributed by atoms with Gasteiger partial charge in [-0.2, -0.15) is 0 Å². The van der Waals surface area contributed by atoms with Gasteiger partial charge >= 0.3 is 0 Å². The van der Waals surface area contributed by atoms with Crippen LogP contribution in [0.5, 0.6) is 0 Å². The van der Waals surface area contributed by atoms with Crippen LogP contribution in [-0.2, 0) is 9.47 Å². The van der Waals surface area contributed by atoms with Crippen molar-refractivity contribution in [2.45, 2.75) is 68.0 Å². The molecule has 0 bridgehead atoms. The van der Waals surface area contributed by atoms with Gasteiger partial charge in [0.15, 0.2) is 6.29 Å². The molecule has 128 valence electrons. The van der Waals surface area contributed by atoms with Crippen molar-refractivity contribution >= 4 is 22.6 Å². The summed E-state index contributed by atoms with van der Waals surface area (Å²) in [6.45, 7) is 3.71. The van der Waals surface area contributed by atoms with E-state index in [0.29, 0.717) is 30.6 Å². The van der Waals surface area contributed by atoms with Crippen molar-refractivity contribution in [3.05, 3.63) is 0 Å². The van der Waals surface area contributed by atoms with Crippen molar-refractivity contribution in [3.8, 4) is 0 Å². The van der Waals surface area contributed by atoms with Crippen LogP contribution in [0.1, 0.15) is 45.4 Å². The molecule has 3 fully saturated rings. The van der Waals surface area contributed by atoms with Crippen molar-refractivity contribution in [2.75, 3.05) is 13.2 Å². The van der Waals surface area contributed by atoms with E-state index in [9.17, 15) is 8.78 Å². The molecule has 5 heteroatoms. The molecule has 0 aromatic heterocycles. The van der Waals surface area contributed by atoms with Gasteiger partial charge in [0.25, 0.3) is 0 Å². The summed E-state index contributed by atoms with van der Waals surface area (Å²) < 4.78 is 39.1. The monoisotopic (exact) mass is 428 g/mol. The van der Waals surface area contributed by atoms with Gasteiger partial charge in [0, 0.05) is 11.8 Å². The molecule has 0 aromatic rings. The van der Waals surface area contributed by atoms with Crippen molar-refractivity contribution in [3.63, 3.8) is 0 Å². The summed E-state index contributed by atoms with van der Waals surface area (Å²) in [5.74, 6) is 1.66. The molecule has 2 saturated carbocycles. The fourth-order valence-electron chi connectivity index (χ4n) is 4.32. The Hall–Kier alpha value is 0.510. The Labute approximate surface area is 145 Å². The van der Waals surface area contributed by atoms with Crippen LogP contribution < -0.4 is 0 Å². The zero-order valence-electron chi connectivity index (χ0n) is 13.2. The second-order valence-electron chi connectivity index (χ2n) is 7.52. The van der Waals surface area contributed by atoms with Crippen LogP contribution in [-0.4, -0.2) is 35.8 Å². The molecular formula is C17H27F2IO2. The third-order valence-electron chi connectivity index (χ3n) is 5.70. The van der Waals surface area contributed by atoms with E-state index < -0.39 is 16.3 Å². The average Bonchev–Trinajstić information content (AvgIpc) is 2.53. The lowest BCUT2D eigenvalue weighted by Crippen LogP contribution is -2.41. The van der Waals surface area contributed by atoms with E-state index >= 15 is 0 Å². The summed E-state index contributed by atoms with van der Waals surface area (Å²) >= 11 is 1.94. The highest BCUT2D eigenvalue weighted by Crippen LogP contribution is 2.44. The molecule has 0 aromatic carbocycles. The summed E-state index contributed by atoms with van der Waals surface area (Å²) in [6.07, 6.45) is 3.39. The Balaban J connectivity index is 1.47. The predicted octanol–water partition coefficient (Wildman–Crippen LogP) is 4.69. The van der Waals surface area contributed by atoms with Crippen LogP contribution in [0.25, 0.3) is 0 Å². The average molecular weight is 428 g/mol. The smallest absolute Gasteiger partial charge is 0.160 e. The first kappa shape index (κ1) is 17.3. The number of halogens is 3. The van der Waals surface area contributed by atoms with Crippen LogP contribution in [0.15, 0.2) is 0 Å². The molecule has 1 saturated heterocycles. The third kappa shape index (κ3) is 3.94. The largest absolute Gasteiger partial charge is 0.352 e. The molecule has 3 rings (SSSR count). The molecule has 2 aliphatic carbocycles. The Bertz CT molecular complexity index is 343. The summed E-state index contributed by atoms with van der Waals surface area (Å²) in [7, 11) is 0. The molecule has 22 heavy (non-hydrogen) atoms. The lowest BCUT2D eigenvalue weighted by Gasteiger charge is -2.41. The highest BCUT2D eigenvalue weighted by atomic mass is 127. The molecule has 2 nitrogen and oxygen atoms in total. The summed E-state index contributed by atoms with van der Waals surface area (Å²) in [6, 6.07) is 0. The molecule has 0 radical (unpaired) electrons. The first-order chi connectivity index (χ1) is 10.5. The van der Waals surface area contributed by atoms with E-state index in [2.05, 4.69) is 6.92 Å². The van der Waals surface area contributed by atoms with Crippen LogP contribution in [0.3, 0.4) is 0 Å². The number of ether oxygens (including phenoxy) is 2. The Kier molecular flexibility index (Phi) is 5.99. The van der Waals surface area contributed by atoms with Crippen molar-refractivity contribution < 1.29 is 18.3 Å². The summed E-state index contributed by atoms with van der Waals surface area (Å²) in [5.41, 5.74) is 0. The van der Waals surface area contributed by atoms with Gasteiger partial charge in [-0.1, -0.05) is 29.5 Å². The molecule has 2 atom stereocenters. The van der Waals surface area contributed by atoms with Gasteiger partial charge in [-0.3, -0.25) is 0 Å². The topological polar surface area (TPSA) is 18.5 Å². The lowest BCUT2D eigenvalue weighted by atomic mass is 9.70.